The molecule has 6 nitrogen and oxygen atoms in total. The van der Waals surface area contributed by atoms with Crippen LogP contribution in [0.4, 0.5) is 0 Å². The number of allylic oxidation sites excluding steroid dienone is 4. The fourth-order valence-corrected chi connectivity index (χ4v) is 11.4. The SMILES string of the molecule is CCCCCCC/C=C\C/C=C\CCCCCCCCCCCCCCCCCCCC(=O)OCC(COC(=O)CCCCCCCCC)OC(=O)CCCCCCCCCCCCCCCCCCCCCCCCCCCCC. The predicted molar refractivity (Wildman–Crippen MR) is 353 cm³/mol. The number of hydrogen-bond donors (Lipinski definition) is 0. The fourth-order valence-electron chi connectivity index (χ4n) is 11.4. The normalized spacial score (nSPS) is 12.1. The summed E-state index contributed by atoms with van der Waals surface area (Å²) in [5.74, 6) is -0.839. The van der Waals surface area contributed by atoms with Crippen LogP contribution < -0.4 is 0 Å². The predicted octanol–water partition coefficient (Wildman–Crippen LogP) is 25.3. The Morgan fingerprint density at radius 1 is 0.247 bits per heavy atom. The number of hydrogen-bond acceptors (Lipinski definition) is 6. The van der Waals surface area contributed by atoms with Crippen LogP contribution in [0.5, 0.6) is 0 Å². The fraction of sp³-hybridized carbons (Fsp3) is 0.907. The van der Waals surface area contributed by atoms with E-state index in [9.17, 15) is 14.4 Å². The summed E-state index contributed by atoms with van der Waals surface area (Å²) in [4.78, 5) is 38.2. The Labute approximate surface area is 506 Å². The third-order valence-electron chi connectivity index (χ3n) is 17.0. The molecule has 0 bridgehead atoms. The van der Waals surface area contributed by atoms with Gasteiger partial charge >= 0.3 is 17.9 Å². The van der Waals surface area contributed by atoms with Crippen molar-refractivity contribution in [3.8, 4) is 0 Å². The number of esters is 3. The van der Waals surface area contributed by atoms with Crippen LogP contribution >= 0.6 is 0 Å². The van der Waals surface area contributed by atoms with Crippen molar-refractivity contribution in [3.63, 3.8) is 0 Å². The highest BCUT2D eigenvalue weighted by Crippen LogP contribution is 2.19. The summed E-state index contributed by atoms with van der Waals surface area (Å²) in [5, 5.41) is 0. The van der Waals surface area contributed by atoms with Crippen molar-refractivity contribution in [1.82, 2.24) is 0 Å². The van der Waals surface area contributed by atoms with Crippen LogP contribution in [0.1, 0.15) is 419 Å². The number of rotatable bonds is 69. The summed E-state index contributed by atoms with van der Waals surface area (Å²) in [6, 6.07) is 0. The van der Waals surface area contributed by atoms with Crippen molar-refractivity contribution in [1.29, 1.82) is 0 Å². The van der Waals surface area contributed by atoms with Gasteiger partial charge in [-0.15, -0.1) is 0 Å². The van der Waals surface area contributed by atoms with E-state index in [1.165, 1.54) is 315 Å². The van der Waals surface area contributed by atoms with Gasteiger partial charge in [-0.2, -0.15) is 0 Å². The Hall–Kier alpha value is -2.11. The Balaban J connectivity index is 3.98. The molecule has 0 heterocycles. The Kier molecular flexibility index (Phi) is 68.5. The van der Waals surface area contributed by atoms with Gasteiger partial charge in [-0.05, 0) is 51.4 Å². The highest BCUT2D eigenvalue weighted by atomic mass is 16.6. The Morgan fingerprint density at radius 2 is 0.444 bits per heavy atom. The second-order valence-corrected chi connectivity index (χ2v) is 25.2. The van der Waals surface area contributed by atoms with E-state index in [1.54, 1.807) is 0 Å². The molecule has 0 aromatic carbocycles. The van der Waals surface area contributed by atoms with Gasteiger partial charge in [0, 0.05) is 19.3 Å². The van der Waals surface area contributed by atoms with E-state index in [1.807, 2.05) is 0 Å². The van der Waals surface area contributed by atoms with Crippen LogP contribution in [0.25, 0.3) is 0 Å². The van der Waals surface area contributed by atoms with E-state index >= 15 is 0 Å². The van der Waals surface area contributed by atoms with Crippen LogP contribution in [0.2, 0.25) is 0 Å². The Morgan fingerprint density at radius 3 is 0.679 bits per heavy atom. The lowest BCUT2D eigenvalue weighted by Gasteiger charge is -2.18. The number of unbranched alkanes of at least 4 members (excludes halogenated alkanes) is 54. The zero-order chi connectivity index (χ0) is 58.5. The van der Waals surface area contributed by atoms with E-state index in [-0.39, 0.29) is 31.1 Å². The molecule has 1 atom stereocenters. The quantitative estimate of drug-likeness (QED) is 0.0261. The molecular weight excluding hydrogens is 997 g/mol. The molecule has 6 heteroatoms. The first-order valence-electron chi connectivity index (χ1n) is 36.8. The van der Waals surface area contributed by atoms with E-state index < -0.39 is 6.10 Å². The first-order valence-corrected chi connectivity index (χ1v) is 36.8. The topological polar surface area (TPSA) is 78.9 Å². The van der Waals surface area contributed by atoms with Crippen molar-refractivity contribution in [2.45, 2.75) is 425 Å². The van der Waals surface area contributed by atoms with Crippen molar-refractivity contribution in [3.05, 3.63) is 24.3 Å². The average molecular weight is 1140 g/mol. The summed E-state index contributed by atoms with van der Waals surface area (Å²) in [5.41, 5.74) is 0. The molecule has 0 rings (SSSR count). The van der Waals surface area contributed by atoms with E-state index in [4.69, 9.17) is 14.2 Å². The largest absolute Gasteiger partial charge is 0.462 e. The zero-order valence-electron chi connectivity index (χ0n) is 55.1. The summed E-state index contributed by atoms with van der Waals surface area (Å²) < 4.78 is 16.9. The van der Waals surface area contributed by atoms with Crippen molar-refractivity contribution in [2.75, 3.05) is 13.2 Å². The molecule has 1 unspecified atom stereocenters. The van der Waals surface area contributed by atoms with Gasteiger partial charge in [0.1, 0.15) is 13.2 Å². The third kappa shape index (κ3) is 68.6. The molecular formula is C75H142O6. The highest BCUT2D eigenvalue weighted by Gasteiger charge is 2.20. The first-order chi connectivity index (χ1) is 40.0. The van der Waals surface area contributed by atoms with Crippen LogP contribution in [0.15, 0.2) is 24.3 Å². The minimum atomic E-state index is -0.765. The van der Waals surface area contributed by atoms with Crippen molar-refractivity contribution < 1.29 is 28.6 Å². The highest BCUT2D eigenvalue weighted by molar-refractivity contribution is 5.71. The molecule has 0 aliphatic heterocycles. The Bertz CT molecular complexity index is 1310. The van der Waals surface area contributed by atoms with Gasteiger partial charge < -0.3 is 14.2 Å². The maximum absolute atomic E-state index is 12.9. The molecule has 0 spiro atoms. The molecule has 0 aliphatic rings. The van der Waals surface area contributed by atoms with Crippen molar-refractivity contribution >= 4 is 17.9 Å². The van der Waals surface area contributed by atoms with Gasteiger partial charge in [0.15, 0.2) is 6.10 Å². The lowest BCUT2D eigenvalue weighted by Crippen LogP contribution is -2.30. The molecule has 478 valence electrons. The molecule has 0 aromatic rings. The van der Waals surface area contributed by atoms with Gasteiger partial charge in [-0.1, -0.05) is 373 Å². The molecule has 0 saturated heterocycles. The molecule has 0 saturated carbocycles. The van der Waals surface area contributed by atoms with Gasteiger partial charge in [0.25, 0.3) is 0 Å². The van der Waals surface area contributed by atoms with Gasteiger partial charge in [0.05, 0.1) is 0 Å². The minimum Gasteiger partial charge on any atom is -0.462 e. The van der Waals surface area contributed by atoms with Crippen LogP contribution in [-0.2, 0) is 28.6 Å². The molecule has 81 heavy (non-hydrogen) atoms. The summed E-state index contributed by atoms with van der Waals surface area (Å²) >= 11 is 0. The van der Waals surface area contributed by atoms with E-state index in [0.717, 1.165) is 64.2 Å². The maximum Gasteiger partial charge on any atom is 0.306 e. The smallest absolute Gasteiger partial charge is 0.306 e. The number of carbonyl (C=O) groups excluding carboxylic acids is 3. The monoisotopic (exact) mass is 1140 g/mol. The maximum atomic E-state index is 12.9. The van der Waals surface area contributed by atoms with Gasteiger partial charge in [0.2, 0.25) is 0 Å². The summed E-state index contributed by atoms with van der Waals surface area (Å²) in [7, 11) is 0. The van der Waals surface area contributed by atoms with Gasteiger partial charge in [-0.25, -0.2) is 0 Å². The first kappa shape index (κ1) is 78.9. The zero-order valence-corrected chi connectivity index (χ0v) is 55.1. The van der Waals surface area contributed by atoms with E-state index in [0.29, 0.717) is 19.3 Å². The molecule has 0 radical (unpaired) electrons. The average Bonchev–Trinajstić information content (AvgIpc) is 3.47. The molecule has 0 aliphatic carbocycles. The second-order valence-electron chi connectivity index (χ2n) is 25.2. The summed E-state index contributed by atoms with van der Waals surface area (Å²) in [6.07, 6.45) is 86.9. The third-order valence-corrected chi connectivity index (χ3v) is 17.0. The number of carbonyl (C=O) groups is 3. The lowest BCUT2D eigenvalue weighted by molar-refractivity contribution is -0.167. The van der Waals surface area contributed by atoms with E-state index in [2.05, 4.69) is 45.1 Å². The molecule has 0 fully saturated rings. The molecule has 0 amide bonds. The van der Waals surface area contributed by atoms with Crippen LogP contribution in [0, 0.1) is 0 Å². The lowest BCUT2D eigenvalue weighted by atomic mass is 10.0. The summed E-state index contributed by atoms with van der Waals surface area (Å²) in [6.45, 7) is 6.67. The van der Waals surface area contributed by atoms with Gasteiger partial charge in [-0.3, -0.25) is 14.4 Å². The minimum absolute atomic E-state index is 0.0644. The van der Waals surface area contributed by atoms with Crippen molar-refractivity contribution in [2.24, 2.45) is 0 Å². The van der Waals surface area contributed by atoms with Crippen LogP contribution in [0.3, 0.4) is 0 Å². The second kappa shape index (κ2) is 70.4. The molecule has 0 N–H and O–H groups in total. The molecule has 0 aromatic heterocycles. The van der Waals surface area contributed by atoms with Crippen LogP contribution in [-0.4, -0.2) is 37.2 Å². The standard InChI is InChI=1S/C75H142O6/c1-4-7-10-13-16-18-20-22-24-26-28-30-32-34-36-37-39-40-42-44-46-48-50-52-54-56-59-62-65-68-74(77)80-71-72(70-79-73(76)67-64-61-58-15-12-9-6-3)81-75(78)69-66-63-60-57-55-53-51-49-47-45-43-41-38-35-33-31-29-27-25-23-21-19-17-14-11-8-5-2/h20,22,26,28,72H,4-19,21,23-25,27,29-71H2,1-3H3/b22-20-,28-26-. The number of ether oxygens (including phenoxy) is 3.